The van der Waals surface area contributed by atoms with E-state index in [2.05, 4.69) is 28.2 Å². The number of nitrogens with one attached hydrogen (secondary N) is 1. The summed E-state index contributed by atoms with van der Waals surface area (Å²) in [5, 5.41) is 3.22. The van der Waals surface area contributed by atoms with Crippen LogP contribution in [-0.4, -0.2) is 6.54 Å². The standard InChI is InChI=1S/C15H20BrF2N/c1-15(7-3-2-4-8-15)10-19-9-11-13(17)6-5-12(16)14(11)18/h5-6,19H,2-4,7-10H2,1H3. The van der Waals surface area contributed by atoms with Gasteiger partial charge in [-0.1, -0.05) is 26.2 Å². The normalized spacial score (nSPS) is 18.5. The molecule has 0 aliphatic heterocycles. The van der Waals surface area contributed by atoms with Gasteiger partial charge in [0.1, 0.15) is 11.6 Å². The molecule has 1 aromatic rings. The van der Waals surface area contributed by atoms with Gasteiger partial charge in [-0.25, -0.2) is 8.78 Å². The van der Waals surface area contributed by atoms with Gasteiger partial charge in [-0.3, -0.25) is 0 Å². The van der Waals surface area contributed by atoms with Crippen LogP contribution in [0, 0.1) is 17.0 Å². The van der Waals surface area contributed by atoms with Crippen molar-refractivity contribution in [2.45, 2.75) is 45.6 Å². The van der Waals surface area contributed by atoms with Gasteiger partial charge in [0, 0.05) is 18.7 Å². The molecule has 1 nitrogen and oxygen atoms in total. The predicted octanol–water partition coefficient (Wildman–Crippen LogP) is 4.79. The molecule has 0 spiro atoms. The Hall–Kier alpha value is -0.480. The number of benzene rings is 1. The molecule has 0 aromatic heterocycles. The summed E-state index contributed by atoms with van der Waals surface area (Å²) in [4.78, 5) is 0. The van der Waals surface area contributed by atoms with Gasteiger partial charge in [0.05, 0.1) is 4.47 Å². The largest absolute Gasteiger partial charge is 0.312 e. The van der Waals surface area contributed by atoms with E-state index >= 15 is 0 Å². The topological polar surface area (TPSA) is 12.0 Å². The van der Waals surface area contributed by atoms with Crippen LogP contribution in [-0.2, 0) is 6.54 Å². The second kappa shape index (κ2) is 6.31. The lowest BCUT2D eigenvalue weighted by Crippen LogP contribution is -2.33. The Morgan fingerprint density at radius 1 is 1.21 bits per heavy atom. The molecule has 106 valence electrons. The lowest BCUT2D eigenvalue weighted by Gasteiger charge is -2.33. The van der Waals surface area contributed by atoms with Gasteiger partial charge in [0.25, 0.3) is 0 Å². The first-order valence-electron chi connectivity index (χ1n) is 6.85. The molecule has 1 saturated carbocycles. The fraction of sp³-hybridized carbons (Fsp3) is 0.600. The molecule has 0 radical (unpaired) electrons. The zero-order chi connectivity index (χ0) is 13.9. The monoisotopic (exact) mass is 331 g/mol. The van der Waals surface area contributed by atoms with E-state index in [0.29, 0.717) is 4.47 Å². The smallest absolute Gasteiger partial charge is 0.144 e. The molecule has 0 amide bonds. The van der Waals surface area contributed by atoms with Crippen LogP contribution in [0.15, 0.2) is 16.6 Å². The van der Waals surface area contributed by atoms with Gasteiger partial charge in [-0.15, -0.1) is 0 Å². The van der Waals surface area contributed by atoms with E-state index in [1.807, 2.05) is 0 Å². The molecule has 4 heteroatoms. The van der Waals surface area contributed by atoms with E-state index in [0.717, 1.165) is 6.54 Å². The average molecular weight is 332 g/mol. The van der Waals surface area contributed by atoms with Crippen molar-refractivity contribution in [3.05, 3.63) is 33.8 Å². The Labute approximate surface area is 121 Å². The van der Waals surface area contributed by atoms with Crippen LogP contribution in [0.25, 0.3) is 0 Å². The summed E-state index contributed by atoms with van der Waals surface area (Å²) in [6, 6.07) is 2.70. The van der Waals surface area contributed by atoms with Crippen molar-refractivity contribution in [3.8, 4) is 0 Å². The summed E-state index contributed by atoms with van der Waals surface area (Å²) >= 11 is 3.09. The Kier molecular flexibility index (Phi) is 4.96. The molecule has 0 saturated heterocycles. The molecule has 0 bridgehead atoms. The maximum absolute atomic E-state index is 13.8. The van der Waals surface area contributed by atoms with Crippen LogP contribution in [0.2, 0.25) is 0 Å². The molecule has 1 N–H and O–H groups in total. The highest BCUT2D eigenvalue weighted by molar-refractivity contribution is 9.10. The van der Waals surface area contributed by atoms with Gasteiger partial charge in [0.2, 0.25) is 0 Å². The summed E-state index contributed by atoms with van der Waals surface area (Å²) in [7, 11) is 0. The van der Waals surface area contributed by atoms with Crippen molar-refractivity contribution in [2.75, 3.05) is 6.54 Å². The van der Waals surface area contributed by atoms with Gasteiger partial charge < -0.3 is 5.32 Å². The highest BCUT2D eigenvalue weighted by atomic mass is 79.9. The maximum atomic E-state index is 13.8. The minimum absolute atomic E-state index is 0.119. The van der Waals surface area contributed by atoms with Crippen LogP contribution >= 0.6 is 15.9 Å². The third-order valence-electron chi connectivity index (χ3n) is 4.05. The van der Waals surface area contributed by atoms with E-state index in [1.54, 1.807) is 0 Å². The first-order chi connectivity index (χ1) is 9.02. The van der Waals surface area contributed by atoms with Crippen molar-refractivity contribution in [1.82, 2.24) is 5.32 Å². The Bertz CT molecular complexity index is 442. The fourth-order valence-corrected chi connectivity index (χ4v) is 3.17. The van der Waals surface area contributed by atoms with E-state index in [1.165, 1.54) is 44.2 Å². The zero-order valence-electron chi connectivity index (χ0n) is 11.2. The molecule has 19 heavy (non-hydrogen) atoms. The van der Waals surface area contributed by atoms with Crippen molar-refractivity contribution >= 4 is 15.9 Å². The second-order valence-electron chi connectivity index (χ2n) is 5.80. The van der Waals surface area contributed by atoms with Crippen LogP contribution in [0.5, 0.6) is 0 Å². The molecule has 0 heterocycles. The summed E-state index contributed by atoms with van der Waals surface area (Å²) in [5.74, 6) is -0.983. The summed E-state index contributed by atoms with van der Waals surface area (Å²) in [6.07, 6.45) is 6.23. The van der Waals surface area contributed by atoms with Gasteiger partial charge >= 0.3 is 0 Å². The van der Waals surface area contributed by atoms with Crippen molar-refractivity contribution in [2.24, 2.45) is 5.41 Å². The molecule has 0 atom stereocenters. The predicted molar refractivity (Wildman–Crippen MR) is 77.0 cm³/mol. The van der Waals surface area contributed by atoms with Crippen LogP contribution in [0.3, 0.4) is 0 Å². The molecule has 0 unspecified atom stereocenters. The third kappa shape index (κ3) is 3.76. The van der Waals surface area contributed by atoms with Gasteiger partial charge in [0.15, 0.2) is 0 Å². The van der Waals surface area contributed by atoms with Crippen molar-refractivity contribution in [1.29, 1.82) is 0 Å². The third-order valence-corrected chi connectivity index (χ3v) is 4.67. The Morgan fingerprint density at radius 3 is 2.58 bits per heavy atom. The lowest BCUT2D eigenvalue weighted by atomic mass is 9.76. The highest BCUT2D eigenvalue weighted by Crippen LogP contribution is 2.35. The van der Waals surface area contributed by atoms with E-state index in [-0.39, 0.29) is 17.5 Å². The number of rotatable bonds is 4. The minimum atomic E-state index is -0.499. The molecule has 2 rings (SSSR count). The summed E-state index contributed by atoms with van der Waals surface area (Å²) < 4.78 is 27.7. The Morgan fingerprint density at radius 2 is 1.89 bits per heavy atom. The minimum Gasteiger partial charge on any atom is -0.312 e. The van der Waals surface area contributed by atoms with Crippen LogP contribution < -0.4 is 5.32 Å². The molecule has 1 aromatic carbocycles. The lowest BCUT2D eigenvalue weighted by molar-refractivity contribution is 0.207. The summed E-state index contributed by atoms with van der Waals surface area (Å²) in [5.41, 5.74) is 0.394. The molecule has 1 aliphatic rings. The number of hydrogen-bond acceptors (Lipinski definition) is 1. The van der Waals surface area contributed by atoms with Crippen LogP contribution in [0.1, 0.15) is 44.6 Å². The van der Waals surface area contributed by atoms with Crippen LogP contribution in [0.4, 0.5) is 8.78 Å². The first-order valence-corrected chi connectivity index (χ1v) is 7.64. The average Bonchev–Trinajstić information content (AvgIpc) is 2.39. The molecule has 1 aliphatic carbocycles. The fourth-order valence-electron chi connectivity index (χ4n) is 2.80. The zero-order valence-corrected chi connectivity index (χ0v) is 12.8. The quantitative estimate of drug-likeness (QED) is 0.782. The van der Waals surface area contributed by atoms with Crippen molar-refractivity contribution < 1.29 is 8.78 Å². The van der Waals surface area contributed by atoms with Gasteiger partial charge in [-0.2, -0.15) is 0 Å². The molecular weight excluding hydrogens is 312 g/mol. The SMILES string of the molecule is CC1(CNCc2c(F)ccc(Br)c2F)CCCCC1. The number of halogens is 3. The van der Waals surface area contributed by atoms with E-state index in [4.69, 9.17) is 0 Å². The second-order valence-corrected chi connectivity index (χ2v) is 6.65. The molecular formula is C15H20BrF2N. The highest BCUT2D eigenvalue weighted by Gasteiger charge is 2.26. The van der Waals surface area contributed by atoms with Gasteiger partial charge in [-0.05, 0) is 46.3 Å². The van der Waals surface area contributed by atoms with E-state index < -0.39 is 11.6 Å². The number of hydrogen-bond donors (Lipinski definition) is 1. The molecule has 1 fully saturated rings. The van der Waals surface area contributed by atoms with E-state index in [9.17, 15) is 8.78 Å². The summed E-state index contributed by atoms with van der Waals surface area (Å²) in [6.45, 7) is 3.32. The Balaban J connectivity index is 1.94. The first kappa shape index (κ1) is 14.9. The maximum Gasteiger partial charge on any atom is 0.144 e. The van der Waals surface area contributed by atoms with Crippen molar-refractivity contribution in [3.63, 3.8) is 0 Å².